The third-order valence-electron chi connectivity index (χ3n) is 5.24. The molecule has 0 bridgehead atoms. The van der Waals surface area contributed by atoms with Gasteiger partial charge in [0.2, 0.25) is 15.9 Å². The molecular weight excluding hydrogens is 463 g/mol. The first-order valence-corrected chi connectivity index (χ1v) is 12.0. The van der Waals surface area contributed by atoms with Crippen LogP contribution in [0, 0.1) is 5.92 Å². The molecule has 1 amide bonds. The summed E-state index contributed by atoms with van der Waals surface area (Å²) in [6, 6.07) is 9.89. The molecule has 1 fully saturated rings. The summed E-state index contributed by atoms with van der Waals surface area (Å²) in [4.78, 5) is 12.7. The molecule has 0 aromatic heterocycles. The number of carbonyl (C=O) groups excluding carboxylic acids is 1. The summed E-state index contributed by atoms with van der Waals surface area (Å²) >= 11 is 12.0. The van der Waals surface area contributed by atoms with E-state index in [4.69, 9.17) is 32.7 Å². The van der Waals surface area contributed by atoms with Crippen molar-refractivity contribution in [1.82, 2.24) is 4.31 Å². The fourth-order valence-corrected chi connectivity index (χ4v) is 5.61. The topological polar surface area (TPSA) is 84.9 Å². The van der Waals surface area contributed by atoms with Crippen molar-refractivity contribution in [2.24, 2.45) is 5.92 Å². The van der Waals surface area contributed by atoms with E-state index in [9.17, 15) is 13.2 Å². The first kappa shape index (κ1) is 23.7. The second kappa shape index (κ2) is 10.1. The largest absolute Gasteiger partial charge is 0.497 e. The van der Waals surface area contributed by atoms with E-state index in [1.54, 1.807) is 37.4 Å². The van der Waals surface area contributed by atoms with Gasteiger partial charge >= 0.3 is 0 Å². The second-order valence-corrected chi connectivity index (χ2v) is 10.0. The van der Waals surface area contributed by atoms with Crippen LogP contribution in [0.2, 0.25) is 10.0 Å². The number of sulfonamides is 1. The molecule has 1 heterocycles. The number of carbonyl (C=O) groups is 1. The molecule has 0 atom stereocenters. The molecule has 2 aromatic rings. The number of piperidine rings is 1. The fraction of sp³-hybridized carbons (Fsp3) is 0.381. The zero-order valence-corrected chi connectivity index (χ0v) is 19.6. The van der Waals surface area contributed by atoms with Crippen LogP contribution < -0.4 is 14.8 Å². The van der Waals surface area contributed by atoms with Crippen molar-refractivity contribution >= 4 is 44.8 Å². The van der Waals surface area contributed by atoms with Crippen molar-refractivity contribution in [3.63, 3.8) is 0 Å². The number of halogens is 2. The Labute approximate surface area is 192 Å². The number of rotatable bonds is 7. The molecule has 0 aliphatic carbocycles. The third kappa shape index (κ3) is 5.83. The highest BCUT2D eigenvalue weighted by atomic mass is 35.5. The molecule has 0 saturated carbocycles. The third-order valence-corrected chi connectivity index (χ3v) is 7.65. The Kier molecular flexibility index (Phi) is 7.69. The van der Waals surface area contributed by atoms with Crippen LogP contribution in [-0.2, 0) is 20.6 Å². The van der Waals surface area contributed by atoms with Crippen LogP contribution in [0.1, 0.15) is 18.4 Å². The molecule has 0 spiro atoms. The Balaban J connectivity index is 1.60. The molecule has 0 unspecified atom stereocenters. The Bertz CT molecular complexity index is 1050. The van der Waals surface area contributed by atoms with E-state index in [1.165, 1.54) is 17.5 Å². The molecule has 31 heavy (non-hydrogen) atoms. The van der Waals surface area contributed by atoms with E-state index in [1.807, 2.05) is 0 Å². The summed E-state index contributed by atoms with van der Waals surface area (Å²) in [5, 5.41) is 3.64. The van der Waals surface area contributed by atoms with Gasteiger partial charge in [-0.05, 0) is 42.7 Å². The Morgan fingerprint density at radius 1 is 1.10 bits per heavy atom. The van der Waals surface area contributed by atoms with Gasteiger partial charge in [-0.25, -0.2) is 12.7 Å². The fourth-order valence-electron chi connectivity index (χ4n) is 3.46. The zero-order valence-electron chi connectivity index (χ0n) is 17.2. The maximum Gasteiger partial charge on any atom is 0.227 e. The lowest BCUT2D eigenvalue weighted by Crippen LogP contribution is -2.41. The van der Waals surface area contributed by atoms with Crippen LogP contribution in [0.3, 0.4) is 0 Å². The summed E-state index contributed by atoms with van der Waals surface area (Å²) in [6.45, 7) is 0.538. The highest BCUT2D eigenvalue weighted by molar-refractivity contribution is 7.88. The second-order valence-electron chi connectivity index (χ2n) is 7.22. The van der Waals surface area contributed by atoms with Gasteiger partial charge in [0, 0.05) is 35.1 Å². The van der Waals surface area contributed by atoms with Crippen molar-refractivity contribution in [2.45, 2.75) is 18.6 Å². The number of ether oxygens (including phenoxy) is 2. The number of nitrogens with one attached hydrogen (secondary N) is 1. The van der Waals surface area contributed by atoms with Crippen LogP contribution in [0.15, 0.2) is 36.4 Å². The predicted octanol–water partition coefficient (Wildman–Crippen LogP) is 4.19. The normalized spacial score (nSPS) is 15.5. The van der Waals surface area contributed by atoms with Gasteiger partial charge in [0.15, 0.2) is 0 Å². The van der Waals surface area contributed by atoms with Crippen molar-refractivity contribution in [3.05, 3.63) is 52.0 Å². The Hall–Kier alpha value is -2.00. The van der Waals surface area contributed by atoms with E-state index in [2.05, 4.69) is 5.32 Å². The lowest BCUT2D eigenvalue weighted by Gasteiger charge is -2.30. The van der Waals surface area contributed by atoms with Crippen LogP contribution in [0.25, 0.3) is 0 Å². The minimum atomic E-state index is -3.56. The minimum absolute atomic E-state index is 0.165. The van der Waals surface area contributed by atoms with Crippen LogP contribution in [0.5, 0.6) is 11.5 Å². The number of amides is 1. The molecule has 2 aromatic carbocycles. The lowest BCUT2D eigenvalue weighted by molar-refractivity contribution is -0.120. The molecule has 10 heteroatoms. The van der Waals surface area contributed by atoms with E-state index in [-0.39, 0.29) is 30.7 Å². The number of anilines is 1. The molecule has 1 N–H and O–H groups in total. The van der Waals surface area contributed by atoms with Gasteiger partial charge in [0.1, 0.15) is 11.5 Å². The number of benzene rings is 2. The van der Waals surface area contributed by atoms with Crippen molar-refractivity contribution < 1.29 is 22.7 Å². The molecule has 1 aliphatic rings. The zero-order chi connectivity index (χ0) is 22.6. The SMILES string of the molecule is COc1ccc(NC(=O)C2CCN(S(=O)(=O)Cc3ccc(Cl)cc3Cl)CC2)c(OC)c1. The van der Waals surface area contributed by atoms with Gasteiger partial charge < -0.3 is 14.8 Å². The summed E-state index contributed by atoms with van der Waals surface area (Å²) < 4.78 is 37.5. The average Bonchev–Trinajstić information content (AvgIpc) is 2.76. The molecular formula is C21H24Cl2N2O5S. The summed E-state index contributed by atoms with van der Waals surface area (Å²) in [5.74, 6) is 0.448. The predicted molar refractivity (Wildman–Crippen MR) is 122 cm³/mol. The van der Waals surface area contributed by atoms with Crippen LogP contribution in [-0.4, -0.2) is 45.9 Å². The van der Waals surface area contributed by atoms with Gasteiger partial charge in [-0.1, -0.05) is 29.3 Å². The monoisotopic (exact) mass is 486 g/mol. The van der Waals surface area contributed by atoms with E-state index < -0.39 is 10.0 Å². The average molecular weight is 487 g/mol. The Morgan fingerprint density at radius 3 is 2.42 bits per heavy atom. The number of hydrogen-bond donors (Lipinski definition) is 1. The quantitative estimate of drug-likeness (QED) is 0.633. The molecule has 3 rings (SSSR count). The molecule has 1 aliphatic heterocycles. The standard InChI is InChI=1S/C21H24Cl2N2O5S/c1-29-17-5-6-19(20(12-17)30-2)24-21(26)14-7-9-25(10-8-14)31(27,28)13-15-3-4-16(22)11-18(15)23/h3-6,11-12,14H,7-10,13H2,1-2H3,(H,24,26). The number of hydrogen-bond acceptors (Lipinski definition) is 5. The van der Waals surface area contributed by atoms with Gasteiger partial charge in [0.25, 0.3) is 0 Å². The van der Waals surface area contributed by atoms with Gasteiger partial charge in [-0.2, -0.15) is 0 Å². The first-order valence-electron chi connectivity index (χ1n) is 9.68. The van der Waals surface area contributed by atoms with E-state index in [0.29, 0.717) is 45.6 Å². The molecule has 0 radical (unpaired) electrons. The summed E-state index contributed by atoms with van der Waals surface area (Å²) in [7, 11) is -0.492. The molecule has 1 saturated heterocycles. The van der Waals surface area contributed by atoms with Gasteiger partial charge in [-0.15, -0.1) is 0 Å². The van der Waals surface area contributed by atoms with Crippen LogP contribution in [0.4, 0.5) is 5.69 Å². The van der Waals surface area contributed by atoms with Gasteiger partial charge in [-0.3, -0.25) is 4.79 Å². The van der Waals surface area contributed by atoms with Crippen molar-refractivity contribution in [1.29, 1.82) is 0 Å². The number of methoxy groups -OCH3 is 2. The molecule has 7 nitrogen and oxygen atoms in total. The van der Waals surface area contributed by atoms with Crippen molar-refractivity contribution in [3.8, 4) is 11.5 Å². The lowest BCUT2D eigenvalue weighted by atomic mass is 9.97. The molecule has 168 valence electrons. The summed E-state index contributed by atoms with van der Waals surface area (Å²) in [5.41, 5.74) is 1.04. The highest BCUT2D eigenvalue weighted by Gasteiger charge is 2.31. The van der Waals surface area contributed by atoms with E-state index in [0.717, 1.165) is 0 Å². The van der Waals surface area contributed by atoms with E-state index >= 15 is 0 Å². The maximum absolute atomic E-state index is 12.8. The smallest absolute Gasteiger partial charge is 0.227 e. The first-order chi connectivity index (χ1) is 14.7. The minimum Gasteiger partial charge on any atom is -0.497 e. The number of nitrogens with zero attached hydrogens (tertiary/aromatic N) is 1. The van der Waals surface area contributed by atoms with Gasteiger partial charge in [0.05, 0.1) is 25.7 Å². The maximum atomic E-state index is 12.8. The highest BCUT2D eigenvalue weighted by Crippen LogP contribution is 2.31. The summed E-state index contributed by atoms with van der Waals surface area (Å²) in [6.07, 6.45) is 0.857. The van der Waals surface area contributed by atoms with Crippen molar-refractivity contribution in [2.75, 3.05) is 32.6 Å². The van der Waals surface area contributed by atoms with Crippen LogP contribution >= 0.6 is 23.2 Å². The Morgan fingerprint density at radius 2 is 1.81 bits per heavy atom.